The number of nitrogens with two attached hydrogens (primary N) is 1. The molecule has 9 heteroatoms. The van der Waals surface area contributed by atoms with Crippen LogP contribution in [0.4, 0.5) is 0 Å². The van der Waals surface area contributed by atoms with Gasteiger partial charge < -0.3 is 20.2 Å². The van der Waals surface area contributed by atoms with Crippen molar-refractivity contribution < 1.29 is 19.1 Å². The van der Waals surface area contributed by atoms with Crippen molar-refractivity contribution in [2.75, 3.05) is 7.11 Å². The van der Waals surface area contributed by atoms with E-state index >= 15 is 0 Å². The number of hydrogen-bond donors (Lipinski definition) is 2. The van der Waals surface area contributed by atoms with Crippen LogP contribution in [0.2, 0.25) is 0 Å². The number of fused-ring (bicyclic) bond motifs is 1. The number of carbonyl (C=O) groups excluding carboxylic acids is 2. The van der Waals surface area contributed by atoms with E-state index in [1.165, 1.54) is 11.3 Å². The Hall–Kier alpha value is -3.82. The Kier molecular flexibility index (Phi) is 7.15. The number of aromatic amines is 1. The van der Waals surface area contributed by atoms with E-state index in [9.17, 15) is 14.4 Å². The Bertz CT molecular complexity index is 1390. The number of rotatable bonds is 10. The predicted molar refractivity (Wildman–Crippen MR) is 129 cm³/mol. The van der Waals surface area contributed by atoms with Crippen molar-refractivity contribution in [3.8, 4) is 5.75 Å². The summed E-state index contributed by atoms with van der Waals surface area (Å²) in [6.07, 6.45) is 0.735. The van der Waals surface area contributed by atoms with Crippen molar-refractivity contribution in [1.82, 2.24) is 9.97 Å². The highest BCUT2D eigenvalue weighted by atomic mass is 32.1. The number of benzene rings is 2. The van der Waals surface area contributed by atoms with E-state index in [4.69, 9.17) is 15.2 Å². The first-order chi connectivity index (χ1) is 16.4. The number of Topliss-reactive ketones (excluding diaryl/α,β-unsaturated/α-hetero) is 1. The largest absolute Gasteiger partial charge is 0.497 e. The Morgan fingerprint density at radius 3 is 2.62 bits per heavy atom. The van der Waals surface area contributed by atoms with Crippen LogP contribution in [0.5, 0.6) is 5.75 Å². The molecule has 174 valence electrons. The van der Waals surface area contributed by atoms with Gasteiger partial charge >= 0.3 is 0 Å². The number of ketones is 1. The number of ether oxygens (including phenoxy) is 2. The van der Waals surface area contributed by atoms with Gasteiger partial charge in [0.15, 0.2) is 11.6 Å². The molecule has 2 heterocycles. The average Bonchev–Trinajstić information content (AvgIpc) is 3.26. The maximum atomic E-state index is 12.7. The first-order valence-electron chi connectivity index (χ1n) is 10.6. The smallest absolute Gasteiger partial charge is 0.260 e. The molecule has 2 aromatic carbocycles. The molecule has 2 aromatic heterocycles. The normalized spacial score (nSPS) is 11.0. The van der Waals surface area contributed by atoms with E-state index in [0.717, 1.165) is 16.9 Å². The quantitative estimate of drug-likeness (QED) is 0.336. The molecule has 0 saturated carbocycles. The molecule has 4 rings (SSSR count). The lowest BCUT2D eigenvalue weighted by molar-refractivity contribution is 0.0970. The van der Waals surface area contributed by atoms with Gasteiger partial charge in [0.25, 0.3) is 5.56 Å². The van der Waals surface area contributed by atoms with Gasteiger partial charge in [-0.1, -0.05) is 24.3 Å². The van der Waals surface area contributed by atoms with E-state index in [2.05, 4.69) is 9.97 Å². The van der Waals surface area contributed by atoms with Gasteiger partial charge in [-0.05, 0) is 47.2 Å². The third-order valence-corrected chi connectivity index (χ3v) is 6.24. The first kappa shape index (κ1) is 23.3. The second kappa shape index (κ2) is 10.4. The van der Waals surface area contributed by atoms with Gasteiger partial charge in [-0.15, -0.1) is 11.3 Å². The van der Waals surface area contributed by atoms with Crippen LogP contribution in [0.15, 0.2) is 58.7 Å². The molecule has 0 aliphatic carbocycles. The summed E-state index contributed by atoms with van der Waals surface area (Å²) in [5.41, 5.74) is 7.86. The number of aryl methyl sites for hydroxylation is 1. The van der Waals surface area contributed by atoms with Gasteiger partial charge in [0.1, 0.15) is 10.6 Å². The third kappa shape index (κ3) is 5.38. The molecule has 0 radical (unpaired) electrons. The highest BCUT2D eigenvalue weighted by Gasteiger charge is 2.16. The van der Waals surface area contributed by atoms with Crippen LogP contribution in [0.1, 0.15) is 44.1 Å². The fourth-order valence-electron chi connectivity index (χ4n) is 3.49. The highest BCUT2D eigenvalue weighted by molar-refractivity contribution is 7.16. The van der Waals surface area contributed by atoms with Crippen LogP contribution in [0, 0.1) is 0 Å². The highest BCUT2D eigenvalue weighted by Crippen LogP contribution is 2.23. The summed E-state index contributed by atoms with van der Waals surface area (Å²) in [5, 5.41) is 2.24. The number of carbonyl (C=O) groups is 2. The van der Waals surface area contributed by atoms with Crippen molar-refractivity contribution in [3.05, 3.63) is 92.3 Å². The molecular formula is C25H23N3O5S. The Morgan fingerprint density at radius 2 is 1.88 bits per heavy atom. The van der Waals surface area contributed by atoms with Crippen molar-refractivity contribution in [1.29, 1.82) is 0 Å². The van der Waals surface area contributed by atoms with E-state index < -0.39 is 5.91 Å². The molecule has 3 N–H and O–H groups in total. The second-order valence-corrected chi connectivity index (χ2v) is 8.54. The van der Waals surface area contributed by atoms with Crippen LogP contribution < -0.4 is 16.0 Å². The molecule has 0 spiro atoms. The van der Waals surface area contributed by atoms with Gasteiger partial charge in [0.05, 0.1) is 25.7 Å². The van der Waals surface area contributed by atoms with Crippen molar-refractivity contribution in [2.24, 2.45) is 5.73 Å². The number of H-pyrrole nitrogens is 1. The summed E-state index contributed by atoms with van der Waals surface area (Å²) < 4.78 is 11.0. The monoisotopic (exact) mass is 477 g/mol. The molecule has 0 atom stereocenters. The van der Waals surface area contributed by atoms with Crippen molar-refractivity contribution in [2.45, 2.75) is 26.1 Å². The molecule has 0 fully saturated rings. The molecule has 0 saturated heterocycles. The van der Waals surface area contributed by atoms with E-state index in [1.807, 2.05) is 29.6 Å². The Labute approximate surface area is 199 Å². The Balaban J connectivity index is 1.40. The van der Waals surface area contributed by atoms with Crippen LogP contribution in [-0.2, 0) is 24.4 Å². The molecule has 0 aliphatic heterocycles. The minimum atomic E-state index is -0.484. The lowest BCUT2D eigenvalue weighted by atomic mass is 10.1. The van der Waals surface area contributed by atoms with E-state index in [1.54, 1.807) is 31.4 Å². The second-order valence-electron chi connectivity index (χ2n) is 7.68. The van der Waals surface area contributed by atoms with E-state index in [-0.39, 0.29) is 30.2 Å². The molecule has 0 unspecified atom stereocenters. The maximum Gasteiger partial charge on any atom is 0.260 e. The third-order valence-electron chi connectivity index (χ3n) is 5.32. The van der Waals surface area contributed by atoms with Crippen LogP contribution in [0.25, 0.3) is 10.2 Å². The maximum absolute atomic E-state index is 12.7. The minimum Gasteiger partial charge on any atom is -0.497 e. The van der Waals surface area contributed by atoms with Gasteiger partial charge in [-0.2, -0.15) is 0 Å². The molecule has 0 bridgehead atoms. The number of thiophene rings is 1. The predicted octanol–water partition coefficient (Wildman–Crippen LogP) is 3.62. The van der Waals surface area contributed by atoms with Crippen LogP contribution in [-0.4, -0.2) is 28.8 Å². The van der Waals surface area contributed by atoms with Crippen LogP contribution in [0.3, 0.4) is 0 Å². The number of nitrogens with one attached hydrogen (secondary N) is 1. The first-order valence-corrected chi connectivity index (χ1v) is 11.5. The summed E-state index contributed by atoms with van der Waals surface area (Å²) in [7, 11) is 1.59. The number of methoxy groups -OCH3 is 1. The molecule has 8 nitrogen and oxygen atoms in total. The van der Waals surface area contributed by atoms with Gasteiger partial charge in [0, 0.05) is 17.5 Å². The minimum absolute atomic E-state index is 0.0595. The number of aromatic nitrogens is 2. The fourth-order valence-corrected chi connectivity index (χ4v) is 4.42. The van der Waals surface area contributed by atoms with Gasteiger partial charge in [0.2, 0.25) is 5.91 Å². The molecule has 1 amide bonds. The molecular weight excluding hydrogens is 454 g/mol. The summed E-state index contributed by atoms with van der Waals surface area (Å²) in [6, 6.07) is 14.3. The summed E-state index contributed by atoms with van der Waals surface area (Å²) in [4.78, 5) is 44.0. The number of nitrogens with zero attached hydrogens (tertiary/aromatic N) is 1. The summed E-state index contributed by atoms with van der Waals surface area (Å²) in [6.45, 7) is 0.522. The van der Waals surface area contributed by atoms with Crippen molar-refractivity contribution >= 4 is 33.2 Å². The van der Waals surface area contributed by atoms with Gasteiger partial charge in [-0.25, -0.2) is 4.98 Å². The average molecular weight is 478 g/mol. The lowest BCUT2D eigenvalue weighted by Gasteiger charge is -2.05. The lowest BCUT2D eigenvalue weighted by Crippen LogP contribution is -2.16. The van der Waals surface area contributed by atoms with Crippen molar-refractivity contribution in [3.63, 3.8) is 0 Å². The van der Waals surface area contributed by atoms with E-state index in [0.29, 0.717) is 34.4 Å². The molecule has 0 aliphatic rings. The van der Waals surface area contributed by atoms with Crippen LogP contribution >= 0.6 is 11.3 Å². The number of primary amides is 1. The van der Waals surface area contributed by atoms with Gasteiger partial charge in [-0.3, -0.25) is 14.4 Å². The number of hydrogen-bond acceptors (Lipinski definition) is 7. The summed E-state index contributed by atoms with van der Waals surface area (Å²) >= 11 is 1.30. The topological polar surface area (TPSA) is 124 Å². The number of amides is 1. The SMILES string of the molecule is COc1cccc(CCC(=O)c2nc3scc(COCc4ccc(C(N)=O)cc4)c3c(=O)[nH]2)c1. The summed E-state index contributed by atoms with van der Waals surface area (Å²) in [5.74, 6) is 0.0766. The molecule has 34 heavy (non-hydrogen) atoms. The standard InChI is InChI=1S/C25H23N3O5S/c1-32-19-4-2-3-15(11-19)7-10-20(29)23-27-24(31)21-18(14-34-25(21)28-23)13-33-12-16-5-8-17(9-6-16)22(26)30/h2-6,8-9,11,14H,7,10,12-13H2,1H3,(H2,26,30)(H,27,28,31). The zero-order chi connectivity index (χ0) is 24.1. The zero-order valence-electron chi connectivity index (χ0n) is 18.5. The fraction of sp³-hybridized carbons (Fsp3) is 0.200. The zero-order valence-corrected chi connectivity index (χ0v) is 19.3. The Morgan fingerprint density at radius 1 is 1.09 bits per heavy atom. The molecule has 4 aromatic rings.